The van der Waals surface area contributed by atoms with Crippen molar-refractivity contribution in [1.29, 1.82) is 0 Å². The van der Waals surface area contributed by atoms with Crippen LogP contribution in [0.15, 0.2) is 108 Å². The number of fused-ring (bicyclic) bond motifs is 3. The lowest BCUT2D eigenvalue weighted by atomic mass is 9.55. The molecule has 2 N–H and O–H groups in total. The Morgan fingerprint density at radius 3 is 2.47 bits per heavy atom. The average molecular weight is 929 g/mol. The van der Waals surface area contributed by atoms with E-state index in [0.717, 1.165) is 66.6 Å². The maximum Gasteiger partial charge on any atom is 0.269 e. The lowest BCUT2D eigenvalue weighted by molar-refractivity contribution is -0.384. The molecule has 0 bridgehead atoms. The Morgan fingerprint density at radius 2 is 1.72 bits per heavy atom. The predicted molar refractivity (Wildman–Crippen MR) is 252 cm³/mol. The molecular weight excluding hydrogens is 869 g/mol. The maximum absolute atomic E-state index is 15.0. The van der Waals surface area contributed by atoms with Crippen LogP contribution in [-0.2, 0) is 34.1 Å². The molecule has 3 heterocycles. The Hall–Kier alpha value is -6.29. The number of rotatable bonds is 22. The lowest BCUT2D eigenvalue weighted by Gasteiger charge is -2.60. The molecule has 3 aromatic carbocycles. The second kappa shape index (κ2) is 20.9. The Morgan fingerprint density at radius 1 is 0.956 bits per heavy atom. The second-order valence-electron chi connectivity index (χ2n) is 18.5. The van der Waals surface area contributed by atoms with Crippen LogP contribution >= 0.6 is 0 Å². The monoisotopic (exact) mass is 928 g/mol. The zero-order valence-electron chi connectivity index (χ0n) is 38.5. The van der Waals surface area contributed by atoms with E-state index in [9.17, 15) is 20.3 Å². The number of non-ortho nitro benzene ring substituents is 1. The van der Waals surface area contributed by atoms with Gasteiger partial charge in [-0.3, -0.25) is 19.9 Å². The lowest BCUT2D eigenvalue weighted by Crippen LogP contribution is -2.70. The van der Waals surface area contributed by atoms with Gasteiger partial charge in [-0.15, -0.1) is 6.58 Å². The molecule has 358 valence electrons. The highest BCUT2D eigenvalue weighted by Gasteiger charge is 2.66. The number of aliphatic hydroxyl groups excluding tert-OH is 2. The van der Waals surface area contributed by atoms with Gasteiger partial charge in [-0.25, -0.2) is 0 Å². The minimum absolute atomic E-state index is 0.00976. The van der Waals surface area contributed by atoms with E-state index in [4.69, 9.17) is 33.7 Å². The Kier molecular flexibility index (Phi) is 14.4. The molecule has 0 saturated heterocycles. The average Bonchev–Trinajstić information content (AvgIpc) is 4.10. The zero-order valence-corrected chi connectivity index (χ0v) is 38.5. The number of aryl methyl sites for hydroxylation is 1. The number of nitrogens with zero attached hydrogens (tertiary/aromatic N) is 4. The van der Waals surface area contributed by atoms with Crippen LogP contribution in [0, 0.1) is 40.7 Å². The van der Waals surface area contributed by atoms with Crippen LogP contribution in [0.25, 0.3) is 0 Å². The highest BCUT2D eigenvalue weighted by atomic mass is 16.7. The summed E-state index contributed by atoms with van der Waals surface area (Å²) in [4.78, 5) is 38.9. The first-order valence-corrected chi connectivity index (χ1v) is 23.9. The number of aliphatic hydroxyl groups is 2. The molecule has 15 heteroatoms. The molecule has 15 nitrogen and oxygen atoms in total. The second-order valence-corrected chi connectivity index (χ2v) is 18.5. The van der Waals surface area contributed by atoms with Gasteiger partial charge in [-0.2, -0.15) is 0 Å². The topological polar surface area (TPSA) is 185 Å². The van der Waals surface area contributed by atoms with Gasteiger partial charge < -0.3 is 43.6 Å². The van der Waals surface area contributed by atoms with Crippen LogP contribution < -0.4 is 18.9 Å². The first-order valence-electron chi connectivity index (χ1n) is 23.9. The molecule has 2 saturated carbocycles. The predicted octanol–water partition coefficient (Wildman–Crippen LogP) is 8.88. The highest BCUT2D eigenvalue weighted by molar-refractivity contribution is 6.03. The number of aromatic nitrogens is 1. The van der Waals surface area contributed by atoms with Crippen molar-refractivity contribution in [1.82, 2.24) is 9.88 Å². The number of nitro benzene ring substituents is 1. The number of benzene rings is 3. The van der Waals surface area contributed by atoms with Gasteiger partial charge in [-0.1, -0.05) is 42.3 Å². The first-order chi connectivity index (χ1) is 33.2. The van der Waals surface area contributed by atoms with Crippen LogP contribution in [0.1, 0.15) is 91.8 Å². The van der Waals surface area contributed by atoms with E-state index in [1.54, 1.807) is 18.2 Å². The smallest absolute Gasteiger partial charge is 0.269 e. The number of unbranched alkanes of at least 4 members (excludes halogenated alkanes) is 2. The van der Waals surface area contributed by atoms with E-state index in [-0.39, 0.29) is 88.1 Å². The van der Waals surface area contributed by atoms with Crippen LogP contribution in [0.5, 0.6) is 23.0 Å². The molecule has 1 amide bonds. The third-order valence-electron chi connectivity index (χ3n) is 13.9. The number of nitro groups is 1. The van der Waals surface area contributed by atoms with E-state index < -0.39 is 22.7 Å². The van der Waals surface area contributed by atoms with Crippen molar-refractivity contribution in [3.05, 3.63) is 141 Å². The van der Waals surface area contributed by atoms with Gasteiger partial charge in [0.2, 0.25) is 18.5 Å². The summed E-state index contributed by atoms with van der Waals surface area (Å²) >= 11 is 0. The van der Waals surface area contributed by atoms with Crippen molar-refractivity contribution in [2.24, 2.45) is 28.8 Å². The van der Waals surface area contributed by atoms with Gasteiger partial charge in [0, 0.05) is 61.4 Å². The number of hydrogen-bond acceptors (Lipinski definition) is 13. The summed E-state index contributed by atoms with van der Waals surface area (Å²) < 4.78 is 32.6. The van der Waals surface area contributed by atoms with Crippen LogP contribution in [0.2, 0.25) is 0 Å². The standard InChI is InChI=1S/C53H60N4O11/c1-3-25-66-53-49(56(52(60)37-16-17-37)30-36-15-21-47-48(26-36)65-33-64-47)29-45(55-67-31-35-13-18-40(19-14-35)57(61)62)43-27-38(10-4-6-23-58)42(12-5-7-24-59)50(51(43)53)44-28-41(20-22-46(44)68-53)63-32-39-11-8-9-34(2)54-39/h3,8-9,11,13-15,18-22,26-28,37-38,42,49-51,58-59H,1,4-7,10,12,16-17,23-25,29-33H2,2H3/t38-,42+,49-,50+,51+,53+/m0/s1. The molecular formula is C53H60N4O11. The molecule has 3 aliphatic carbocycles. The fourth-order valence-corrected chi connectivity index (χ4v) is 10.6. The summed E-state index contributed by atoms with van der Waals surface area (Å²) in [5, 5.41) is 36.4. The number of pyridine rings is 1. The summed E-state index contributed by atoms with van der Waals surface area (Å²) in [6.45, 7) is 6.95. The number of ether oxygens (including phenoxy) is 5. The molecule has 0 spiro atoms. The van der Waals surface area contributed by atoms with E-state index >= 15 is 4.79 Å². The van der Waals surface area contributed by atoms with E-state index in [2.05, 4.69) is 23.7 Å². The molecule has 4 aromatic rings. The van der Waals surface area contributed by atoms with Crippen molar-refractivity contribution in [2.75, 3.05) is 26.6 Å². The van der Waals surface area contributed by atoms with Crippen molar-refractivity contribution >= 4 is 17.3 Å². The molecule has 5 aliphatic rings. The summed E-state index contributed by atoms with van der Waals surface area (Å²) in [7, 11) is 0. The first kappa shape index (κ1) is 46.8. The molecule has 2 aliphatic heterocycles. The molecule has 0 unspecified atom stereocenters. The SMILES string of the molecule is C=CCO[C@@]12Oc3ccc(OCc4cccc(C)n4)cc3[C@H]3[C@H](CCCCO)[C@@H](CCCCO)C=C(C(=NOCc4ccc([N+](=O)[O-])cc4)C[C@@H]1N(Cc1ccc4c(c1)OCO4)C(=O)C1CC1)[C@H]32. The molecule has 9 rings (SSSR count). The minimum atomic E-state index is -1.45. The fourth-order valence-electron chi connectivity index (χ4n) is 10.6. The molecule has 0 radical (unpaired) electrons. The minimum Gasteiger partial charge on any atom is -0.487 e. The van der Waals surface area contributed by atoms with Crippen molar-refractivity contribution in [3.8, 4) is 23.0 Å². The van der Waals surface area contributed by atoms with Gasteiger partial charge in [0.25, 0.3) is 5.69 Å². The van der Waals surface area contributed by atoms with Gasteiger partial charge in [0.15, 0.2) is 11.5 Å². The van der Waals surface area contributed by atoms with Gasteiger partial charge in [-0.05, 0) is 129 Å². The Balaban J connectivity index is 1.21. The summed E-state index contributed by atoms with van der Waals surface area (Å²) in [5.74, 6) is 0.158. The number of allylic oxidation sites excluding steroid dienone is 1. The highest BCUT2D eigenvalue weighted by Crippen LogP contribution is 2.62. The van der Waals surface area contributed by atoms with Crippen LogP contribution in [0.4, 0.5) is 5.69 Å². The number of hydrogen-bond donors (Lipinski definition) is 2. The Bertz CT molecular complexity index is 2530. The largest absolute Gasteiger partial charge is 0.487 e. The van der Waals surface area contributed by atoms with Gasteiger partial charge >= 0.3 is 0 Å². The molecule has 6 atom stereocenters. The Labute approximate surface area is 396 Å². The number of carbonyl (C=O) groups excluding carboxylic acids is 1. The zero-order chi connectivity index (χ0) is 47.2. The van der Waals surface area contributed by atoms with Crippen LogP contribution in [0.3, 0.4) is 0 Å². The third kappa shape index (κ3) is 9.97. The number of oxime groups is 1. The van der Waals surface area contributed by atoms with Gasteiger partial charge in [0.05, 0.1) is 28.9 Å². The molecule has 2 fully saturated rings. The summed E-state index contributed by atoms with van der Waals surface area (Å²) in [6.07, 6.45) is 10.2. The fraction of sp³-hybridized carbons (Fsp3) is 0.453. The van der Waals surface area contributed by atoms with Crippen LogP contribution in [-0.4, -0.2) is 75.1 Å². The third-order valence-corrected chi connectivity index (χ3v) is 13.9. The quantitative estimate of drug-likeness (QED) is 0.0331. The maximum atomic E-state index is 15.0. The normalized spacial score (nSPS) is 23.7. The van der Waals surface area contributed by atoms with E-state index in [1.807, 2.05) is 60.4 Å². The summed E-state index contributed by atoms with van der Waals surface area (Å²) in [5.41, 5.74) is 5.72. The van der Waals surface area contributed by atoms with Crippen molar-refractivity contribution < 1.29 is 48.5 Å². The number of carbonyl (C=O) groups is 1. The summed E-state index contributed by atoms with van der Waals surface area (Å²) in [6, 6.07) is 23.0. The van der Waals surface area contributed by atoms with E-state index in [1.165, 1.54) is 12.1 Å². The van der Waals surface area contributed by atoms with E-state index in [0.29, 0.717) is 47.1 Å². The number of amides is 1. The molecule has 68 heavy (non-hydrogen) atoms. The molecule has 1 aromatic heterocycles. The van der Waals surface area contributed by atoms with Gasteiger partial charge in [0.1, 0.15) is 30.8 Å². The van der Waals surface area contributed by atoms with Crippen molar-refractivity contribution in [2.45, 2.75) is 102 Å². The van der Waals surface area contributed by atoms with Crippen molar-refractivity contribution in [3.63, 3.8) is 0 Å².